The Labute approximate surface area is 116 Å². The molecule has 5 heteroatoms. The van der Waals surface area contributed by atoms with Gasteiger partial charge in [0.15, 0.2) is 0 Å². The molecule has 2 heterocycles. The Kier molecular flexibility index (Phi) is 3.15. The molecule has 0 amide bonds. The predicted molar refractivity (Wildman–Crippen MR) is 69.9 cm³/mol. The van der Waals surface area contributed by atoms with Gasteiger partial charge >= 0.3 is 5.97 Å². The molecular formula is C14H15ClO4. The molecule has 1 aromatic carbocycles. The summed E-state index contributed by atoms with van der Waals surface area (Å²) in [6.45, 7) is 1.39. The van der Waals surface area contributed by atoms with Gasteiger partial charge in [-0.1, -0.05) is 11.6 Å². The maximum absolute atomic E-state index is 11.6. The van der Waals surface area contributed by atoms with Crippen molar-refractivity contribution in [1.82, 2.24) is 0 Å². The molecule has 1 saturated heterocycles. The van der Waals surface area contributed by atoms with Crippen molar-refractivity contribution in [3.63, 3.8) is 0 Å². The normalized spacial score (nSPS) is 25.1. The van der Waals surface area contributed by atoms with E-state index in [9.17, 15) is 9.90 Å². The first kappa shape index (κ1) is 12.8. The van der Waals surface area contributed by atoms with Crippen LogP contribution in [0, 0.1) is 5.41 Å². The van der Waals surface area contributed by atoms with Crippen molar-refractivity contribution in [3.8, 4) is 5.75 Å². The summed E-state index contributed by atoms with van der Waals surface area (Å²) in [5, 5.41) is 10.1. The fraction of sp³-hybridized carbons (Fsp3) is 0.500. The molecule has 0 saturated carbocycles. The Morgan fingerprint density at radius 2 is 2.26 bits per heavy atom. The maximum atomic E-state index is 11.6. The van der Waals surface area contributed by atoms with Gasteiger partial charge in [-0.2, -0.15) is 0 Å². The van der Waals surface area contributed by atoms with E-state index in [1.165, 1.54) is 0 Å². The van der Waals surface area contributed by atoms with Crippen LogP contribution in [0.4, 0.5) is 0 Å². The van der Waals surface area contributed by atoms with E-state index in [-0.39, 0.29) is 6.61 Å². The van der Waals surface area contributed by atoms with Crippen LogP contribution in [0.25, 0.3) is 0 Å². The van der Waals surface area contributed by atoms with Crippen molar-refractivity contribution >= 4 is 17.6 Å². The lowest BCUT2D eigenvalue weighted by molar-refractivity contribution is -0.148. The monoisotopic (exact) mass is 282 g/mol. The first-order chi connectivity index (χ1) is 9.11. The lowest BCUT2D eigenvalue weighted by Gasteiger charge is -2.23. The minimum Gasteiger partial charge on any atom is -0.493 e. The molecular weight excluding hydrogens is 268 g/mol. The third kappa shape index (κ3) is 2.19. The van der Waals surface area contributed by atoms with Crippen LogP contribution in [-0.2, 0) is 22.4 Å². The fourth-order valence-corrected chi connectivity index (χ4v) is 3.10. The summed E-state index contributed by atoms with van der Waals surface area (Å²) >= 11 is 6.10. The zero-order valence-corrected chi connectivity index (χ0v) is 11.2. The average molecular weight is 283 g/mol. The third-order valence-corrected chi connectivity index (χ3v) is 4.13. The van der Waals surface area contributed by atoms with Crippen molar-refractivity contribution in [2.75, 3.05) is 19.8 Å². The quantitative estimate of drug-likeness (QED) is 0.924. The number of rotatable bonds is 3. The van der Waals surface area contributed by atoms with Crippen LogP contribution in [0.15, 0.2) is 12.1 Å². The number of carbonyl (C=O) groups is 1. The van der Waals surface area contributed by atoms with Crippen LogP contribution in [0.2, 0.25) is 5.02 Å². The van der Waals surface area contributed by atoms with Gasteiger partial charge in [0, 0.05) is 18.1 Å². The summed E-state index contributed by atoms with van der Waals surface area (Å²) in [6.07, 6.45) is 1.77. The zero-order valence-electron chi connectivity index (χ0n) is 10.4. The summed E-state index contributed by atoms with van der Waals surface area (Å²) in [6, 6.07) is 3.71. The Bertz CT molecular complexity index is 520. The molecule has 1 unspecified atom stereocenters. The second kappa shape index (κ2) is 4.69. The van der Waals surface area contributed by atoms with E-state index in [0.29, 0.717) is 31.1 Å². The first-order valence-electron chi connectivity index (χ1n) is 6.36. The highest BCUT2D eigenvalue weighted by molar-refractivity contribution is 6.30. The van der Waals surface area contributed by atoms with Crippen LogP contribution in [0.5, 0.6) is 5.75 Å². The SMILES string of the molecule is O=C(O)C1(Cc2cc(Cl)cc3c2OCC3)CCOC1. The van der Waals surface area contributed by atoms with Crippen LogP contribution >= 0.6 is 11.6 Å². The topological polar surface area (TPSA) is 55.8 Å². The smallest absolute Gasteiger partial charge is 0.312 e. The van der Waals surface area contributed by atoms with Gasteiger partial charge in [-0.25, -0.2) is 0 Å². The molecule has 0 aromatic heterocycles. The van der Waals surface area contributed by atoms with Crippen LogP contribution in [-0.4, -0.2) is 30.9 Å². The van der Waals surface area contributed by atoms with Crippen molar-refractivity contribution in [1.29, 1.82) is 0 Å². The molecule has 2 aliphatic heterocycles. The van der Waals surface area contributed by atoms with Gasteiger partial charge in [-0.15, -0.1) is 0 Å². The van der Waals surface area contributed by atoms with Gasteiger partial charge in [0.1, 0.15) is 5.75 Å². The number of halogens is 1. The number of hydrogen-bond acceptors (Lipinski definition) is 3. The molecule has 0 spiro atoms. The Morgan fingerprint density at radius 3 is 2.95 bits per heavy atom. The molecule has 4 nitrogen and oxygen atoms in total. The van der Waals surface area contributed by atoms with E-state index >= 15 is 0 Å². The Hall–Kier alpha value is -1.26. The summed E-state index contributed by atoms with van der Waals surface area (Å²) in [4.78, 5) is 11.6. The average Bonchev–Trinajstić information content (AvgIpc) is 2.97. The summed E-state index contributed by atoms with van der Waals surface area (Å²) in [5.74, 6) is 0.00801. The van der Waals surface area contributed by atoms with Crippen LogP contribution < -0.4 is 4.74 Å². The number of carboxylic acids is 1. The number of fused-ring (bicyclic) bond motifs is 1. The van der Waals surface area contributed by atoms with Gasteiger partial charge in [-0.05, 0) is 36.1 Å². The lowest BCUT2D eigenvalue weighted by atomic mass is 9.80. The predicted octanol–water partition coefficient (Wildman–Crippen LogP) is 2.31. The Balaban J connectivity index is 1.97. The summed E-state index contributed by atoms with van der Waals surface area (Å²) in [7, 11) is 0. The van der Waals surface area contributed by atoms with Gasteiger partial charge in [0.05, 0.1) is 18.6 Å². The van der Waals surface area contributed by atoms with Crippen LogP contribution in [0.1, 0.15) is 17.5 Å². The van der Waals surface area contributed by atoms with E-state index < -0.39 is 11.4 Å². The van der Waals surface area contributed by atoms with E-state index in [4.69, 9.17) is 21.1 Å². The number of aliphatic carboxylic acids is 1. The van der Waals surface area contributed by atoms with E-state index in [2.05, 4.69) is 0 Å². The van der Waals surface area contributed by atoms with Crippen molar-refractivity contribution in [2.24, 2.45) is 5.41 Å². The second-order valence-corrected chi connectivity index (χ2v) is 5.65. The van der Waals surface area contributed by atoms with Crippen LogP contribution in [0.3, 0.4) is 0 Å². The minimum atomic E-state index is -0.843. The van der Waals surface area contributed by atoms with Crippen molar-refractivity contribution < 1.29 is 19.4 Å². The number of ether oxygens (including phenoxy) is 2. The van der Waals surface area contributed by atoms with Crippen molar-refractivity contribution in [2.45, 2.75) is 19.3 Å². The molecule has 1 atom stereocenters. The molecule has 2 aliphatic rings. The molecule has 1 N–H and O–H groups in total. The highest BCUT2D eigenvalue weighted by atomic mass is 35.5. The van der Waals surface area contributed by atoms with Crippen molar-refractivity contribution in [3.05, 3.63) is 28.3 Å². The van der Waals surface area contributed by atoms with Gasteiger partial charge in [0.2, 0.25) is 0 Å². The number of benzene rings is 1. The lowest BCUT2D eigenvalue weighted by Crippen LogP contribution is -2.34. The molecule has 19 heavy (non-hydrogen) atoms. The molecule has 0 radical (unpaired) electrons. The van der Waals surface area contributed by atoms with Gasteiger partial charge < -0.3 is 14.6 Å². The Morgan fingerprint density at radius 1 is 1.42 bits per heavy atom. The summed E-state index contributed by atoms with van der Waals surface area (Å²) in [5.41, 5.74) is 1.11. The standard InChI is InChI=1S/C14H15ClO4/c15-11-5-9-1-3-19-12(9)10(6-11)7-14(13(16)17)2-4-18-8-14/h5-6H,1-4,7-8H2,(H,16,17). The highest BCUT2D eigenvalue weighted by Crippen LogP contribution is 2.40. The van der Waals surface area contributed by atoms with E-state index in [1.54, 1.807) is 0 Å². The fourth-order valence-electron chi connectivity index (χ4n) is 2.83. The highest BCUT2D eigenvalue weighted by Gasteiger charge is 2.43. The zero-order chi connectivity index (χ0) is 13.5. The first-order valence-corrected chi connectivity index (χ1v) is 6.74. The molecule has 1 aromatic rings. The molecule has 1 fully saturated rings. The molecule has 0 aliphatic carbocycles. The maximum Gasteiger partial charge on any atom is 0.312 e. The molecule has 0 bridgehead atoms. The number of hydrogen-bond donors (Lipinski definition) is 1. The van der Waals surface area contributed by atoms with Gasteiger partial charge in [0.25, 0.3) is 0 Å². The summed E-state index contributed by atoms with van der Waals surface area (Å²) < 4.78 is 10.9. The minimum absolute atomic E-state index is 0.254. The number of carboxylic acid groups (broad SMARTS) is 1. The third-order valence-electron chi connectivity index (χ3n) is 3.91. The molecule has 102 valence electrons. The van der Waals surface area contributed by atoms with E-state index in [1.807, 2.05) is 12.1 Å². The van der Waals surface area contributed by atoms with Gasteiger partial charge in [-0.3, -0.25) is 4.79 Å². The second-order valence-electron chi connectivity index (χ2n) is 5.22. The largest absolute Gasteiger partial charge is 0.493 e. The molecule has 3 rings (SSSR count). The van der Waals surface area contributed by atoms with E-state index in [0.717, 1.165) is 23.3 Å².